The van der Waals surface area contributed by atoms with Crippen molar-refractivity contribution >= 4 is 11.9 Å². The van der Waals surface area contributed by atoms with Gasteiger partial charge >= 0.3 is 0 Å². The van der Waals surface area contributed by atoms with Gasteiger partial charge in [0.05, 0.1) is 5.56 Å². The van der Waals surface area contributed by atoms with Crippen LogP contribution in [0.5, 0.6) is 0 Å². The Hall–Kier alpha value is -2.89. The van der Waals surface area contributed by atoms with E-state index in [-0.39, 0.29) is 5.91 Å². The first-order chi connectivity index (χ1) is 13.7. The largest absolute Gasteiger partial charge is 0.354 e. The molecule has 0 spiro atoms. The molecule has 148 valence electrons. The van der Waals surface area contributed by atoms with Crippen molar-refractivity contribution < 1.29 is 4.79 Å². The minimum absolute atomic E-state index is 0.109. The normalized spacial score (nSPS) is 19.9. The van der Waals surface area contributed by atoms with Crippen LogP contribution in [0.4, 0.5) is 0 Å². The summed E-state index contributed by atoms with van der Waals surface area (Å²) < 4.78 is 0. The Bertz CT molecular complexity index is 778. The highest BCUT2D eigenvalue weighted by molar-refractivity contribution is 5.93. The molecule has 2 unspecified atom stereocenters. The lowest BCUT2D eigenvalue weighted by atomic mass is 9.82. The Labute approximate surface area is 167 Å². The van der Waals surface area contributed by atoms with Gasteiger partial charge in [0.1, 0.15) is 0 Å². The fourth-order valence-corrected chi connectivity index (χ4v) is 3.82. The van der Waals surface area contributed by atoms with Gasteiger partial charge in [-0.25, -0.2) is 0 Å². The zero-order valence-electron chi connectivity index (χ0n) is 16.6. The number of benzene rings is 1. The molecule has 6 nitrogen and oxygen atoms in total. The molecule has 6 heteroatoms. The zero-order chi connectivity index (χ0) is 19.8. The Morgan fingerprint density at radius 1 is 1.18 bits per heavy atom. The summed E-state index contributed by atoms with van der Waals surface area (Å²) in [6, 6.07) is 14.3. The number of hydrogen-bond acceptors (Lipinski definition) is 3. The van der Waals surface area contributed by atoms with Crippen molar-refractivity contribution in [1.82, 2.24) is 20.5 Å². The molecule has 2 N–H and O–H groups in total. The van der Waals surface area contributed by atoms with Crippen LogP contribution < -0.4 is 10.6 Å². The Morgan fingerprint density at radius 2 is 1.96 bits per heavy atom. The third-order valence-electron chi connectivity index (χ3n) is 5.26. The number of hydrogen-bond donors (Lipinski definition) is 2. The summed E-state index contributed by atoms with van der Waals surface area (Å²) in [6.07, 6.45) is 4.34. The van der Waals surface area contributed by atoms with Crippen LogP contribution in [-0.4, -0.2) is 55.0 Å². The smallest absolute Gasteiger partial charge is 0.252 e. The summed E-state index contributed by atoms with van der Waals surface area (Å²) in [5.74, 6) is 1.94. The van der Waals surface area contributed by atoms with E-state index in [2.05, 4.69) is 62.8 Å². The van der Waals surface area contributed by atoms with E-state index in [1.165, 1.54) is 5.56 Å². The third-order valence-corrected chi connectivity index (χ3v) is 5.26. The lowest BCUT2D eigenvalue weighted by Crippen LogP contribution is -2.49. The molecule has 0 aliphatic carbocycles. The molecule has 1 aromatic carbocycles. The molecule has 1 aromatic heterocycles. The Balaban J connectivity index is 1.45. The number of amides is 1. The van der Waals surface area contributed by atoms with Gasteiger partial charge in [-0.3, -0.25) is 14.8 Å². The van der Waals surface area contributed by atoms with E-state index >= 15 is 0 Å². The van der Waals surface area contributed by atoms with Gasteiger partial charge in [0.25, 0.3) is 5.91 Å². The van der Waals surface area contributed by atoms with Crippen LogP contribution in [0.2, 0.25) is 0 Å². The molecule has 1 fully saturated rings. The third kappa shape index (κ3) is 5.09. The summed E-state index contributed by atoms with van der Waals surface area (Å²) in [4.78, 5) is 22.8. The fourth-order valence-electron chi connectivity index (χ4n) is 3.82. The second-order valence-electron chi connectivity index (χ2n) is 7.20. The molecule has 0 radical (unpaired) electrons. The van der Waals surface area contributed by atoms with E-state index in [4.69, 9.17) is 0 Å². The van der Waals surface area contributed by atoms with E-state index in [1.54, 1.807) is 24.5 Å². The van der Waals surface area contributed by atoms with Gasteiger partial charge in [-0.15, -0.1) is 0 Å². The van der Waals surface area contributed by atoms with Gasteiger partial charge in [0.2, 0.25) is 0 Å². The first-order valence-corrected chi connectivity index (χ1v) is 9.88. The van der Waals surface area contributed by atoms with Crippen LogP contribution in [0.3, 0.4) is 0 Å². The lowest BCUT2D eigenvalue weighted by Gasteiger charge is -2.39. The van der Waals surface area contributed by atoms with E-state index in [9.17, 15) is 4.79 Å². The van der Waals surface area contributed by atoms with Crippen molar-refractivity contribution in [3.8, 4) is 0 Å². The second kappa shape index (κ2) is 9.88. The maximum absolute atomic E-state index is 12.1. The van der Waals surface area contributed by atoms with Gasteiger partial charge < -0.3 is 15.5 Å². The number of carbonyl (C=O) groups is 1. The van der Waals surface area contributed by atoms with E-state index in [1.807, 2.05) is 7.05 Å². The van der Waals surface area contributed by atoms with Crippen molar-refractivity contribution in [1.29, 1.82) is 0 Å². The summed E-state index contributed by atoms with van der Waals surface area (Å²) in [5, 5.41) is 6.27. The minimum atomic E-state index is -0.109. The maximum Gasteiger partial charge on any atom is 0.252 e. The number of aromatic nitrogens is 1. The van der Waals surface area contributed by atoms with Crippen LogP contribution in [0.15, 0.2) is 59.9 Å². The number of pyridine rings is 1. The Morgan fingerprint density at radius 3 is 2.64 bits per heavy atom. The number of carbonyl (C=O) groups excluding carboxylic acids is 1. The number of guanidine groups is 1. The molecule has 1 aliphatic heterocycles. The van der Waals surface area contributed by atoms with E-state index < -0.39 is 0 Å². The maximum atomic E-state index is 12.1. The van der Waals surface area contributed by atoms with Crippen LogP contribution in [0.1, 0.15) is 35.2 Å². The SMILES string of the molecule is CN=C(NCCNC(=O)c1cccnc1)N1CCC(c2ccccc2)C(C)C1. The van der Waals surface area contributed by atoms with Crippen LogP contribution >= 0.6 is 0 Å². The minimum Gasteiger partial charge on any atom is -0.354 e. The number of nitrogens with one attached hydrogen (secondary N) is 2. The molecule has 0 bridgehead atoms. The first kappa shape index (κ1) is 19.9. The first-order valence-electron chi connectivity index (χ1n) is 9.88. The summed E-state index contributed by atoms with van der Waals surface area (Å²) >= 11 is 0. The standard InChI is InChI=1S/C22H29N5O/c1-17-16-27(14-10-20(17)18-7-4-3-5-8-18)22(23-2)26-13-12-25-21(28)19-9-6-11-24-15-19/h3-9,11,15,17,20H,10,12-14,16H2,1-2H3,(H,23,26)(H,25,28). The average Bonchev–Trinajstić information content (AvgIpc) is 2.75. The van der Waals surface area contributed by atoms with Gasteiger partial charge in [0, 0.05) is 45.6 Å². The summed E-state index contributed by atoms with van der Waals surface area (Å²) in [5.41, 5.74) is 2.00. The number of likely N-dealkylation sites (tertiary alicyclic amines) is 1. The molecule has 1 aliphatic rings. The van der Waals surface area contributed by atoms with Crippen LogP contribution in [0, 0.1) is 5.92 Å². The van der Waals surface area contributed by atoms with E-state index in [0.717, 1.165) is 25.5 Å². The molecule has 2 heterocycles. The molecule has 0 saturated carbocycles. The zero-order valence-corrected chi connectivity index (χ0v) is 16.6. The number of nitrogens with zero attached hydrogens (tertiary/aromatic N) is 3. The van der Waals surface area contributed by atoms with Crippen LogP contribution in [0.25, 0.3) is 0 Å². The lowest BCUT2D eigenvalue weighted by molar-refractivity contribution is 0.0954. The molecule has 1 saturated heterocycles. The quantitative estimate of drug-likeness (QED) is 0.476. The summed E-state index contributed by atoms with van der Waals surface area (Å²) in [7, 11) is 1.81. The Kier molecular flexibility index (Phi) is 7.00. The van der Waals surface area contributed by atoms with Crippen molar-refractivity contribution in [3.05, 3.63) is 66.0 Å². The molecule has 2 atom stereocenters. The van der Waals surface area contributed by atoms with Gasteiger partial charge in [-0.1, -0.05) is 37.3 Å². The van der Waals surface area contributed by atoms with E-state index in [0.29, 0.717) is 30.5 Å². The average molecular weight is 380 g/mol. The van der Waals surface area contributed by atoms with Crippen LogP contribution in [-0.2, 0) is 0 Å². The number of rotatable bonds is 5. The monoisotopic (exact) mass is 379 g/mol. The highest BCUT2D eigenvalue weighted by Crippen LogP contribution is 2.32. The van der Waals surface area contributed by atoms with Crippen molar-refractivity contribution in [3.63, 3.8) is 0 Å². The molecule has 28 heavy (non-hydrogen) atoms. The fraction of sp³-hybridized carbons (Fsp3) is 0.409. The van der Waals surface area contributed by atoms with Gasteiger partial charge in [-0.05, 0) is 36.0 Å². The number of aliphatic imine (C=N–C) groups is 1. The van der Waals surface area contributed by atoms with Gasteiger partial charge in [0.15, 0.2) is 5.96 Å². The highest BCUT2D eigenvalue weighted by atomic mass is 16.1. The highest BCUT2D eigenvalue weighted by Gasteiger charge is 2.28. The van der Waals surface area contributed by atoms with Crippen molar-refractivity contribution in [2.75, 3.05) is 33.2 Å². The molecular formula is C22H29N5O. The molecule has 1 amide bonds. The molecule has 2 aromatic rings. The summed E-state index contributed by atoms with van der Waals surface area (Å²) in [6.45, 7) is 5.42. The number of piperidine rings is 1. The topological polar surface area (TPSA) is 69.6 Å². The molecule has 3 rings (SSSR count). The van der Waals surface area contributed by atoms with Crippen molar-refractivity contribution in [2.45, 2.75) is 19.3 Å². The predicted octanol–water partition coefficient (Wildman–Crippen LogP) is 2.51. The predicted molar refractivity (Wildman–Crippen MR) is 112 cm³/mol. The van der Waals surface area contributed by atoms with Crippen molar-refractivity contribution in [2.24, 2.45) is 10.9 Å². The van der Waals surface area contributed by atoms with Gasteiger partial charge in [-0.2, -0.15) is 0 Å². The second-order valence-corrected chi connectivity index (χ2v) is 7.20. The molecular weight excluding hydrogens is 350 g/mol.